The smallest absolute Gasteiger partial charge is 0.0987 e. The molecule has 1 aliphatic heterocycles. The molecule has 2 aromatic rings. The van der Waals surface area contributed by atoms with Crippen molar-refractivity contribution in [3.63, 3.8) is 0 Å². The molecule has 2 heterocycles. The van der Waals surface area contributed by atoms with Gasteiger partial charge < -0.3 is 5.32 Å². The van der Waals surface area contributed by atoms with E-state index in [0.29, 0.717) is 0 Å². The highest BCUT2D eigenvalue weighted by Gasteiger charge is 2.16. The zero-order chi connectivity index (χ0) is 10.8. The molecular formula is C12H11N3S. The number of aromatic nitrogens is 1. The fourth-order valence-electron chi connectivity index (χ4n) is 1.64. The lowest BCUT2D eigenvalue weighted by atomic mass is 10.3. The molecule has 4 heteroatoms. The molecule has 0 unspecified atom stereocenters. The van der Waals surface area contributed by atoms with Crippen LogP contribution in [0.2, 0.25) is 0 Å². The molecule has 80 valence electrons. The van der Waals surface area contributed by atoms with Gasteiger partial charge in [0, 0.05) is 18.1 Å². The van der Waals surface area contributed by atoms with Crippen LogP contribution >= 0.6 is 11.9 Å². The van der Waals surface area contributed by atoms with Crippen LogP contribution in [0.3, 0.4) is 0 Å². The van der Waals surface area contributed by atoms with Crippen LogP contribution in [0.5, 0.6) is 0 Å². The highest BCUT2D eigenvalue weighted by Crippen LogP contribution is 2.36. The van der Waals surface area contributed by atoms with Crippen molar-refractivity contribution in [1.82, 2.24) is 4.98 Å². The predicted octanol–water partition coefficient (Wildman–Crippen LogP) is 2.98. The Hall–Kier alpha value is -1.68. The van der Waals surface area contributed by atoms with Gasteiger partial charge in [-0.3, -0.25) is 9.29 Å². The standard InChI is InChI=1S/C12H11N3S/c1-2-4-10(5-3-1)15-9-14-11-6-7-13-8-12(11)16-15/h1-8,14H,9H2. The van der Waals surface area contributed by atoms with Crippen molar-refractivity contribution in [3.05, 3.63) is 48.8 Å². The minimum atomic E-state index is 0.811. The largest absolute Gasteiger partial charge is 0.366 e. The Kier molecular flexibility index (Phi) is 2.42. The van der Waals surface area contributed by atoms with Gasteiger partial charge in [0.25, 0.3) is 0 Å². The molecule has 1 aromatic heterocycles. The Morgan fingerprint density at radius 2 is 2.06 bits per heavy atom. The van der Waals surface area contributed by atoms with E-state index in [1.54, 1.807) is 11.9 Å². The quantitative estimate of drug-likeness (QED) is 0.761. The third-order valence-corrected chi connectivity index (χ3v) is 3.53. The lowest BCUT2D eigenvalue weighted by Gasteiger charge is -2.29. The second-order valence-electron chi connectivity index (χ2n) is 3.51. The Labute approximate surface area is 98.6 Å². The number of rotatable bonds is 1. The molecule has 0 radical (unpaired) electrons. The number of hydrogen-bond donors (Lipinski definition) is 1. The van der Waals surface area contributed by atoms with Gasteiger partial charge in [-0.25, -0.2) is 0 Å². The summed E-state index contributed by atoms with van der Waals surface area (Å²) in [5.41, 5.74) is 2.36. The van der Waals surface area contributed by atoms with Crippen LogP contribution in [-0.2, 0) is 0 Å². The van der Waals surface area contributed by atoms with Crippen molar-refractivity contribution in [2.24, 2.45) is 0 Å². The summed E-state index contributed by atoms with van der Waals surface area (Å²) < 4.78 is 2.21. The van der Waals surface area contributed by atoms with Crippen molar-refractivity contribution in [1.29, 1.82) is 0 Å². The van der Waals surface area contributed by atoms with Crippen molar-refractivity contribution in [2.45, 2.75) is 4.90 Å². The van der Waals surface area contributed by atoms with Crippen LogP contribution in [0.15, 0.2) is 53.7 Å². The average Bonchev–Trinajstić information content (AvgIpc) is 2.39. The Morgan fingerprint density at radius 1 is 1.19 bits per heavy atom. The van der Waals surface area contributed by atoms with E-state index in [-0.39, 0.29) is 0 Å². The van der Waals surface area contributed by atoms with Gasteiger partial charge in [0.2, 0.25) is 0 Å². The highest BCUT2D eigenvalue weighted by molar-refractivity contribution is 8.00. The van der Waals surface area contributed by atoms with Crippen molar-refractivity contribution >= 4 is 23.3 Å². The van der Waals surface area contributed by atoms with Gasteiger partial charge in [-0.15, -0.1) is 0 Å². The first kappa shape index (κ1) is 9.54. The molecular weight excluding hydrogens is 218 g/mol. The molecule has 1 N–H and O–H groups in total. The molecule has 0 amide bonds. The first-order valence-electron chi connectivity index (χ1n) is 5.12. The Bertz CT molecular complexity index is 487. The molecule has 1 aliphatic rings. The molecule has 16 heavy (non-hydrogen) atoms. The molecule has 0 atom stereocenters. The summed E-state index contributed by atoms with van der Waals surface area (Å²) in [5, 5.41) is 3.38. The summed E-state index contributed by atoms with van der Waals surface area (Å²) in [5.74, 6) is 0. The summed E-state index contributed by atoms with van der Waals surface area (Å²) in [4.78, 5) is 5.30. The van der Waals surface area contributed by atoms with E-state index in [4.69, 9.17) is 0 Å². The van der Waals surface area contributed by atoms with Crippen molar-refractivity contribution in [2.75, 3.05) is 16.3 Å². The van der Waals surface area contributed by atoms with Crippen LogP contribution < -0.4 is 9.62 Å². The van der Waals surface area contributed by atoms with E-state index < -0.39 is 0 Å². The maximum Gasteiger partial charge on any atom is 0.0987 e. The average molecular weight is 229 g/mol. The van der Waals surface area contributed by atoms with Crippen LogP contribution in [-0.4, -0.2) is 11.7 Å². The first-order valence-corrected chi connectivity index (χ1v) is 5.89. The Morgan fingerprint density at radius 3 is 2.94 bits per heavy atom. The van der Waals surface area contributed by atoms with Crippen LogP contribution in [0.1, 0.15) is 0 Å². The molecule has 0 bridgehead atoms. The third-order valence-electron chi connectivity index (χ3n) is 2.45. The Balaban J connectivity index is 1.89. The van der Waals surface area contributed by atoms with Crippen LogP contribution in [0.25, 0.3) is 0 Å². The lowest BCUT2D eigenvalue weighted by molar-refractivity contribution is 1.06. The number of hydrogen-bond acceptors (Lipinski definition) is 4. The zero-order valence-corrected chi connectivity index (χ0v) is 9.45. The first-order chi connectivity index (χ1) is 7.93. The third kappa shape index (κ3) is 1.72. The van der Waals surface area contributed by atoms with E-state index in [1.807, 2.05) is 24.5 Å². The topological polar surface area (TPSA) is 28.2 Å². The van der Waals surface area contributed by atoms with E-state index in [0.717, 1.165) is 17.3 Å². The summed E-state index contributed by atoms with van der Waals surface area (Å²) in [7, 11) is 0. The summed E-state index contributed by atoms with van der Waals surface area (Å²) >= 11 is 1.72. The number of anilines is 2. The minimum Gasteiger partial charge on any atom is -0.366 e. The fraction of sp³-hybridized carbons (Fsp3) is 0.0833. The summed E-state index contributed by atoms with van der Waals surface area (Å²) in [6.07, 6.45) is 3.70. The van der Waals surface area contributed by atoms with E-state index in [9.17, 15) is 0 Å². The lowest BCUT2D eigenvalue weighted by Crippen LogP contribution is -2.26. The molecule has 3 nitrogen and oxygen atoms in total. The number of fused-ring (bicyclic) bond motifs is 1. The molecule has 0 saturated carbocycles. The van der Waals surface area contributed by atoms with Gasteiger partial charge in [0.1, 0.15) is 0 Å². The predicted molar refractivity (Wildman–Crippen MR) is 67.5 cm³/mol. The van der Waals surface area contributed by atoms with Crippen LogP contribution in [0, 0.1) is 0 Å². The second-order valence-corrected chi connectivity index (χ2v) is 4.58. The van der Waals surface area contributed by atoms with Gasteiger partial charge in [0.15, 0.2) is 0 Å². The minimum absolute atomic E-state index is 0.811. The second kappa shape index (κ2) is 4.06. The molecule has 0 aliphatic carbocycles. The normalized spacial score (nSPS) is 14.1. The maximum atomic E-state index is 4.14. The fourth-order valence-corrected chi connectivity index (χ4v) is 2.59. The summed E-state index contributed by atoms with van der Waals surface area (Å²) in [6.45, 7) is 0.811. The van der Waals surface area contributed by atoms with E-state index in [2.05, 4.69) is 38.9 Å². The van der Waals surface area contributed by atoms with Crippen LogP contribution in [0.4, 0.5) is 11.4 Å². The number of para-hydroxylation sites is 1. The van der Waals surface area contributed by atoms with Crippen molar-refractivity contribution in [3.8, 4) is 0 Å². The molecule has 0 saturated heterocycles. The summed E-state index contributed by atoms with van der Waals surface area (Å²) in [6, 6.07) is 12.3. The molecule has 0 spiro atoms. The molecule has 3 rings (SSSR count). The number of benzene rings is 1. The van der Waals surface area contributed by atoms with E-state index >= 15 is 0 Å². The molecule has 1 aromatic carbocycles. The van der Waals surface area contributed by atoms with Gasteiger partial charge >= 0.3 is 0 Å². The molecule has 0 fully saturated rings. The number of nitrogens with zero attached hydrogens (tertiary/aromatic N) is 2. The maximum absolute atomic E-state index is 4.14. The highest BCUT2D eigenvalue weighted by atomic mass is 32.2. The SMILES string of the molecule is c1ccc(N2CNc3ccncc3S2)cc1. The van der Waals surface area contributed by atoms with Gasteiger partial charge in [-0.05, 0) is 30.1 Å². The van der Waals surface area contributed by atoms with E-state index in [1.165, 1.54) is 5.69 Å². The number of pyridine rings is 1. The van der Waals surface area contributed by atoms with Crippen molar-refractivity contribution < 1.29 is 0 Å². The monoisotopic (exact) mass is 229 g/mol. The zero-order valence-electron chi connectivity index (χ0n) is 8.63. The van der Waals surface area contributed by atoms with Gasteiger partial charge in [0.05, 0.1) is 17.3 Å². The van der Waals surface area contributed by atoms with Gasteiger partial charge in [-0.2, -0.15) is 0 Å². The number of nitrogens with one attached hydrogen (secondary N) is 1. The van der Waals surface area contributed by atoms with Gasteiger partial charge in [-0.1, -0.05) is 18.2 Å².